The smallest absolute Gasteiger partial charge is 0.242 e. The predicted molar refractivity (Wildman–Crippen MR) is 141 cm³/mol. The Labute approximate surface area is 211 Å². The minimum absolute atomic E-state index is 0.0378. The van der Waals surface area contributed by atoms with E-state index in [-0.39, 0.29) is 30.5 Å². The van der Waals surface area contributed by atoms with E-state index in [9.17, 15) is 18.0 Å². The van der Waals surface area contributed by atoms with Gasteiger partial charge < -0.3 is 16.4 Å². The van der Waals surface area contributed by atoms with Crippen LogP contribution in [0.15, 0.2) is 54.6 Å². The van der Waals surface area contributed by atoms with Gasteiger partial charge in [0, 0.05) is 12.1 Å². The molecule has 0 aliphatic carbocycles. The molecule has 0 unspecified atom stereocenters. The van der Waals surface area contributed by atoms with Crippen LogP contribution in [0.2, 0.25) is 0 Å². The molecule has 2 amide bonds. The van der Waals surface area contributed by atoms with Gasteiger partial charge in [-0.2, -0.15) is 11.8 Å². The molecule has 0 aromatic heterocycles. The van der Waals surface area contributed by atoms with Gasteiger partial charge in [-0.3, -0.25) is 15.0 Å². The molecule has 6 N–H and O–H groups in total. The molecule has 0 bridgehead atoms. The number of benzene rings is 2. The lowest BCUT2D eigenvalue weighted by Crippen LogP contribution is -2.54. The molecule has 35 heavy (non-hydrogen) atoms. The number of nitrogen functional groups attached to an aromatic ring is 1. The Bertz CT molecular complexity index is 1090. The number of sulfonamides is 1. The Morgan fingerprint density at radius 2 is 1.66 bits per heavy atom. The van der Waals surface area contributed by atoms with Crippen LogP contribution in [-0.2, 0) is 32.6 Å². The van der Waals surface area contributed by atoms with Gasteiger partial charge in [-0.1, -0.05) is 54.6 Å². The van der Waals surface area contributed by atoms with E-state index in [0.717, 1.165) is 11.1 Å². The zero-order valence-electron chi connectivity index (χ0n) is 19.9. The molecule has 0 aliphatic rings. The second-order valence-corrected chi connectivity index (χ2v) is 11.0. The average molecular weight is 520 g/mol. The molecule has 2 atom stereocenters. The molecule has 0 aliphatic heterocycles. The average Bonchev–Trinajstić information content (AvgIpc) is 2.85. The van der Waals surface area contributed by atoms with E-state index in [1.165, 1.54) is 6.92 Å². The van der Waals surface area contributed by atoms with Gasteiger partial charge in [0.05, 0.1) is 5.75 Å². The summed E-state index contributed by atoms with van der Waals surface area (Å²) in [6.45, 7) is 1.73. The maximum Gasteiger partial charge on any atom is 0.242 e. The van der Waals surface area contributed by atoms with Crippen LogP contribution in [0.1, 0.15) is 30.0 Å². The molecule has 0 saturated carbocycles. The quantitative estimate of drug-likeness (QED) is 0.188. The maximum atomic E-state index is 13.1. The van der Waals surface area contributed by atoms with Crippen LogP contribution in [0.4, 0.5) is 0 Å². The minimum Gasteiger partial charge on any atom is -0.384 e. The van der Waals surface area contributed by atoms with Gasteiger partial charge in [-0.15, -0.1) is 0 Å². The summed E-state index contributed by atoms with van der Waals surface area (Å²) < 4.78 is 26.9. The van der Waals surface area contributed by atoms with Crippen molar-refractivity contribution in [3.8, 4) is 0 Å². The van der Waals surface area contributed by atoms with Gasteiger partial charge in [0.25, 0.3) is 0 Å². The predicted octanol–water partition coefficient (Wildman–Crippen LogP) is 1.38. The fraction of sp³-hybridized carbons (Fsp3) is 0.375. The van der Waals surface area contributed by atoms with Crippen LogP contribution in [0, 0.1) is 5.41 Å². The molecule has 0 heterocycles. The summed E-state index contributed by atoms with van der Waals surface area (Å²) in [4.78, 5) is 26.1. The second-order valence-electron chi connectivity index (χ2n) is 7.93. The Balaban J connectivity index is 2.11. The third kappa shape index (κ3) is 9.71. The molecular weight excluding hydrogens is 486 g/mol. The van der Waals surface area contributed by atoms with E-state index < -0.39 is 28.0 Å². The lowest BCUT2D eigenvalue weighted by Gasteiger charge is -2.23. The first-order valence-electron chi connectivity index (χ1n) is 11.2. The molecule has 2 aromatic rings. The SMILES string of the molecule is CCS(=O)(=O)N[C@H](Cc1ccccc1)C(=O)N[C@@H](CCSC)C(=O)NCc1ccc(C(=N)N)cc1. The first-order valence-corrected chi connectivity index (χ1v) is 14.2. The topological polar surface area (TPSA) is 154 Å². The number of thioether (sulfide) groups is 1. The van der Waals surface area contributed by atoms with Crippen molar-refractivity contribution in [3.63, 3.8) is 0 Å². The van der Waals surface area contributed by atoms with Gasteiger partial charge in [0.15, 0.2) is 0 Å². The summed E-state index contributed by atoms with van der Waals surface area (Å²) in [5.74, 6) is -0.484. The third-order valence-corrected chi connectivity index (χ3v) is 7.32. The fourth-order valence-electron chi connectivity index (χ4n) is 3.23. The Hall–Kier alpha value is -2.89. The zero-order chi connectivity index (χ0) is 25.8. The first kappa shape index (κ1) is 28.3. The maximum absolute atomic E-state index is 13.1. The van der Waals surface area contributed by atoms with Crippen molar-refractivity contribution < 1.29 is 18.0 Å². The number of rotatable bonds is 14. The standard InChI is InChI=1S/C24H33N5O4S2/c1-3-35(32,33)29-21(15-17-7-5-4-6-8-17)24(31)28-20(13-14-34-2)23(30)27-16-18-9-11-19(12-10-18)22(25)26/h4-12,20-21,29H,3,13-16H2,1-2H3,(H3,25,26)(H,27,30)(H,28,31)/t20-,21+/m0/s1. The number of carbonyl (C=O) groups excluding carboxylic acids is 2. The summed E-state index contributed by atoms with van der Waals surface area (Å²) in [5.41, 5.74) is 7.67. The van der Waals surface area contributed by atoms with Crippen LogP contribution < -0.4 is 21.1 Å². The van der Waals surface area contributed by atoms with Gasteiger partial charge in [-0.25, -0.2) is 13.1 Å². The summed E-state index contributed by atoms with van der Waals surface area (Å²) >= 11 is 1.54. The van der Waals surface area contributed by atoms with Gasteiger partial charge >= 0.3 is 0 Å². The number of hydrogen-bond donors (Lipinski definition) is 5. The molecule has 11 heteroatoms. The third-order valence-electron chi connectivity index (χ3n) is 5.28. The number of nitrogens with two attached hydrogens (primary N) is 1. The number of carbonyl (C=O) groups is 2. The molecule has 0 saturated heterocycles. The molecule has 0 radical (unpaired) electrons. The number of amidine groups is 1. The van der Waals surface area contributed by atoms with Crippen molar-refractivity contribution in [2.45, 2.75) is 38.4 Å². The Kier molecular flexibility index (Phi) is 11.2. The lowest BCUT2D eigenvalue weighted by molar-refractivity contribution is -0.129. The van der Waals surface area contributed by atoms with E-state index >= 15 is 0 Å². The van der Waals surface area contributed by atoms with Crippen molar-refractivity contribution in [2.75, 3.05) is 17.8 Å². The normalized spacial score (nSPS) is 13.0. The number of hydrogen-bond acceptors (Lipinski definition) is 6. The summed E-state index contributed by atoms with van der Waals surface area (Å²) in [5, 5.41) is 13.0. The summed E-state index contributed by atoms with van der Waals surface area (Å²) in [6, 6.07) is 14.2. The van der Waals surface area contributed by atoms with Crippen molar-refractivity contribution in [1.82, 2.24) is 15.4 Å². The molecule has 190 valence electrons. The Morgan fingerprint density at radius 1 is 1.00 bits per heavy atom. The first-order chi connectivity index (χ1) is 16.6. The zero-order valence-corrected chi connectivity index (χ0v) is 21.5. The van der Waals surface area contributed by atoms with Crippen LogP contribution in [0.5, 0.6) is 0 Å². The van der Waals surface area contributed by atoms with E-state index in [2.05, 4.69) is 15.4 Å². The van der Waals surface area contributed by atoms with E-state index in [1.807, 2.05) is 36.6 Å². The molecule has 0 fully saturated rings. The van der Waals surface area contributed by atoms with Crippen molar-refractivity contribution in [2.24, 2.45) is 5.73 Å². The monoisotopic (exact) mass is 519 g/mol. The van der Waals surface area contributed by atoms with Gasteiger partial charge in [0.2, 0.25) is 21.8 Å². The lowest BCUT2D eigenvalue weighted by atomic mass is 10.1. The second kappa shape index (κ2) is 13.9. The minimum atomic E-state index is -3.65. The van der Waals surface area contributed by atoms with Crippen LogP contribution in [0.3, 0.4) is 0 Å². The van der Waals surface area contributed by atoms with Crippen molar-refractivity contribution in [1.29, 1.82) is 5.41 Å². The highest BCUT2D eigenvalue weighted by atomic mass is 32.2. The molecule has 2 aromatic carbocycles. The van der Waals surface area contributed by atoms with E-state index in [0.29, 0.717) is 17.7 Å². The summed E-state index contributed by atoms with van der Waals surface area (Å²) in [6.07, 6.45) is 2.45. The number of nitrogens with one attached hydrogen (secondary N) is 4. The van der Waals surface area contributed by atoms with Crippen LogP contribution in [0.25, 0.3) is 0 Å². The number of amides is 2. The highest BCUT2D eigenvalue weighted by Crippen LogP contribution is 2.08. The molecule has 0 spiro atoms. The molecular formula is C24H33N5O4S2. The van der Waals surface area contributed by atoms with Gasteiger partial charge in [-0.05, 0) is 42.9 Å². The van der Waals surface area contributed by atoms with Gasteiger partial charge in [0.1, 0.15) is 17.9 Å². The largest absolute Gasteiger partial charge is 0.384 e. The highest BCUT2D eigenvalue weighted by Gasteiger charge is 2.28. The van der Waals surface area contributed by atoms with Crippen LogP contribution >= 0.6 is 11.8 Å². The van der Waals surface area contributed by atoms with E-state index in [4.69, 9.17) is 11.1 Å². The van der Waals surface area contributed by atoms with Crippen molar-refractivity contribution >= 4 is 39.4 Å². The molecule has 2 rings (SSSR count). The highest BCUT2D eigenvalue weighted by molar-refractivity contribution is 7.98. The summed E-state index contributed by atoms with van der Waals surface area (Å²) in [7, 11) is -3.65. The Morgan fingerprint density at radius 3 is 2.23 bits per heavy atom. The molecule has 9 nitrogen and oxygen atoms in total. The fourth-order valence-corrected chi connectivity index (χ4v) is 4.49. The van der Waals surface area contributed by atoms with Crippen LogP contribution in [-0.4, -0.2) is 55.9 Å². The van der Waals surface area contributed by atoms with Crippen molar-refractivity contribution in [3.05, 3.63) is 71.3 Å². The van der Waals surface area contributed by atoms with E-state index in [1.54, 1.807) is 36.0 Å².